The predicted octanol–water partition coefficient (Wildman–Crippen LogP) is 2.14. The van der Waals surface area contributed by atoms with Crippen molar-refractivity contribution in [3.8, 4) is 0 Å². The molecular formula is C24H41Cl3O10. The Morgan fingerprint density at radius 1 is 0.865 bits per heavy atom. The van der Waals surface area contributed by atoms with Gasteiger partial charge in [0, 0.05) is 6.42 Å². The molecule has 0 spiro atoms. The fourth-order valence-corrected chi connectivity index (χ4v) is 5.30. The number of halogens is 3. The van der Waals surface area contributed by atoms with Crippen LogP contribution in [-0.4, -0.2) is 104 Å². The third-order valence-electron chi connectivity index (χ3n) is 6.76. The van der Waals surface area contributed by atoms with Gasteiger partial charge in [-0.3, -0.25) is 9.53 Å². The molecule has 2 aliphatic heterocycles. The third kappa shape index (κ3) is 8.27. The molecule has 0 aliphatic carbocycles. The molecule has 2 aliphatic rings. The van der Waals surface area contributed by atoms with Gasteiger partial charge in [0.05, 0.1) is 23.7 Å². The number of carbonyl (C=O) groups is 1. The zero-order valence-corrected chi connectivity index (χ0v) is 23.4. The van der Waals surface area contributed by atoms with Gasteiger partial charge >= 0.3 is 11.9 Å². The Labute approximate surface area is 233 Å². The standard InChI is InChI=1S/C24H41Cl3O10/c1-2-3-4-5-6-7-8-9-10-11-17(29)36-24(22(33)20(31)18(27)16(13-28)35-24)37-23(14-26)21(32)19(30)15(12-25)34-23/h15-16,18-22,28,30-33H,2-14H2,1H3/t15-,16-,18+,19-,20+,21+,22-,23+,24+/m1/s1. The average Bonchev–Trinajstić information content (AvgIpc) is 3.13. The van der Waals surface area contributed by atoms with Crippen molar-refractivity contribution in [2.45, 2.75) is 125 Å². The second-order valence-corrected chi connectivity index (χ2v) is 10.7. The molecular weight excluding hydrogens is 555 g/mol. The van der Waals surface area contributed by atoms with Crippen molar-refractivity contribution in [1.82, 2.24) is 0 Å². The number of carbonyl (C=O) groups excluding carboxylic acids is 1. The molecule has 2 saturated heterocycles. The van der Waals surface area contributed by atoms with Crippen LogP contribution >= 0.6 is 34.8 Å². The highest BCUT2D eigenvalue weighted by atomic mass is 35.5. The smallest absolute Gasteiger partial charge is 0.362 e. The minimum atomic E-state index is -2.76. The first kappa shape index (κ1) is 33.2. The molecule has 9 atom stereocenters. The zero-order valence-electron chi connectivity index (χ0n) is 21.1. The maximum Gasteiger partial charge on any atom is 0.362 e. The summed E-state index contributed by atoms with van der Waals surface area (Å²) in [6, 6.07) is 0. The molecule has 13 heteroatoms. The lowest BCUT2D eigenvalue weighted by atomic mass is 9.99. The van der Waals surface area contributed by atoms with Gasteiger partial charge in [0.2, 0.25) is 5.79 Å². The van der Waals surface area contributed by atoms with E-state index in [1.807, 2.05) is 0 Å². The Hall–Kier alpha value is 0.0200. The van der Waals surface area contributed by atoms with Crippen LogP contribution in [0.2, 0.25) is 0 Å². The molecule has 0 unspecified atom stereocenters. The van der Waals surface area contributed by atoms with Crippen LogP contribution in [0.1, 0.15) is 71.1 Å². The fourth-order valence-electron chi connectivity index (χ4n) is 4.51. The lowest BCUT2D eigenvalue weighted by Gasteiger charge is -2.49. The van der Waals surface area contributed by atoms with E-state index >= 15 is 0 Å². The third-order valence-corrected chi connectivity index (χ3v) is 7.98. The van der Waals surface area contributed by atoms with Crippen molar-refractivity contribution in [3.63, 3.8) is 0 Å². The molecule has 0 bridgehead atoms. The summed E-state index contributed by atoms with van der Waals surface area (Å²) in [5.74, 6) is -6.66. The summed E-state index contributed by atoms with van der Waals surface area (Å²) < 4.78 is 22.4. The quantitative estimate of drug-likeness (QED) is 0.0776. The van der Waals surface area contributed by atoms with E-state index in [0.29, 0.717) is 6.42 Å². The second-order valence-electron chi connectivity index (χ2n) is 9.67. The summed E-state index contributed by atoms with van der Waals surface area (Å²) >= 11 is 17.9. The number of aliphatic hydroxyl groups excluding tert-OH is 5. The van der Waals surface area contributed by atoms with Gasteiger partial charge in [0.15, 0.2) is 6.10 Å². The average molecular weight is 596 g/mol. The Morgan fingerprint density at radius 3 is 1.97 bits per heavy atom. The van der Waals surface area contributed by atoms with E-state index in [1.165, 1.54) is 25.7 Å². The Bertz CT molecular complexity index is 689. The van der Waals surface area contributed by atoms with Gasteiger partial charge in [-0.15, -0.1) is 34.8 Å². The summed E-state index contributed by atoms with van der Waals surface area (Å²) in [5, 5.41) is 50.8. The number of alkyl halides is 3. The molecule has 5 N–H and O–H groups in total. The number of ether oxygens (including phenoxy) is 4. The topological polar surface area (TPSA) is 155 Å². The fraction of sp³-hybridized carbons (Fsp3) is 0.958. The molecule has 10 nitrogen and oxygen atoms in total. The number of hydrogen-bond donors (Lipinski definition) is 5. The van der Waals surface area contributed by atoms with Crippen molar-refractivity contribution < 1.29 is 49.3 Å². The molecule has 0 aromatic heterocycles. The maximum atomic E-state index is 12.8. The van der Waals surface area contributed by atoms with E-state index in [-0.39, 0.29) is 12.3 Å². The first-order valence-electron chi connectivity index (χ1n) is 13.0. The predicted molar refractivity (Wildman–Crippen MR) is 136 cm³/mol. The summed E-state index contributed by atoms with van der Waals surface area (Å²) in [5.41, 5.74) is 0. The SMILES string of the molecule is CCCCCCCCCCCC(=O)O[C@@]1(O[C@]2(CCl)O[C@H](CCl)[C@@H](O)[C@@H]2O)O[C@H](CO)[C@H](Cl)[C@H](O)[C@H]1O. The van der Waals surface area contributed by atoms with E-state index in [9.17, 15) is 30.3 Å². The minimum Gasteiger partial charge on any atom is -0.405 e. The van der Waals surface area contributed by atoms with E-state index in [1.54, 1.807) is 0 Å². The van der Waals surface area contributed by atoms with Crippen LogP contribution in [0.4, 0.5) is 0 Å². The molecule has 0 aromatic rings. The van der Waals surface area contributed by atoms with Gasteiger partial charge in [-0.05, 0) is 6.42 Å². The summed E-state index contributed by atoms with van der Waals surface area (Å²) in [6.45, 7) is 1.45. The molecule has 2 fully saturated rings. The van der Waals surface area contributed by atoms with Crippen molar-refractivity contribution in [2.75, 3.05) is 18.4 Å². The van der Waals surface area contributed by atoms with Gasteiger partial charge < -0.3 is 39.7 Å². The van der Waals surface area contributed by atoms with Crippen LogP contribution in [-0.2, 0) is 23.7 Å². The molecule has 218 valence electrons. The van der Waals surface area contributed by atoms with Crippen LogP contribution in [0.15, 0.2) is 0 Å². The van der Waals surface area contributed by atoms with E-state index in [0.717, 1.165) is 25.7 Å². The van der Waals surface area contributed by atoms with Crippen LogP contribution in [0.25, 0.3) is 0 Å². The number of hydrogen-bond acceptors (Lipinski definition) is 10. The van der Waals surface area contributed by atoms with Crippen molar-refractivity contribution >= 4 is 40.8 Å². The first-order valence-corrected chi connectivity index (χ1v) is 14.5. The van der Waals surface area contributed by atoms with Gasteiger partial charge in [-0.2, -0.15) is 0 Å². The highest BCUT2D eigenvalue weighted by Gasteiger charge is 2.65. The van der Waals surface area contributed by atoms with E-state index in [4.69, 9.17) is 53.8 Å². The van der Waals surface area contributed by atoms with Gasteiger partial charge in [0.25, 0.3) is 0 Å². The van der Waals surface area contributed by atoms with Gasteiger partial charge in [-0.1, -0.05) is 58.3 Å². The Morgan fingerprint density at radius 2 is 1.46 bits per heavy atom. The molecule has 0 radical (unpaired) electrons. The van der Waals surface area contributed by atoms with Crippen LogP contribution in [0.5, 0.6) is 0 Å². The first-order chi connectivity index (χ1) is 17.6. The van der Waals surface area contributed by atoms with Crippen molar-refractivity contribution in [3.05, 3.63) is 0 Å². The number of rotatable bonds is 16. The zero-order chi connectivity index (χ0) is 27.6. The summed E-state index contributed by atoms with van der Waals surface area (Å²) in [6.07, 6.45) is -0.369. The lowest BCUT2D eigenvalue weighted by Crippen LogP contribution is -2.69. The highest BCUT2D eigenvalue weighted by Crippen LogP contribution is 2.43. The van der Waals surface area contributed by atoms with Crippen LogP contribution < -0.4 is 0 Å². The number of aliphatic hydroxyl groups is 5. The summed E-state index contributed by atoms with van der Waals surface area (Å²) in [7, 11) is 0. The lowest BCUT2D eigenvalue weighted by molar-refractivity contribution is -0.483. The minimum absolute atomic E-state index is 0.0502. The number of unbranched alkanes of at least 4 members (excludes halogenated alkanes) is 8. The van der Waals surface area contributed by atoms with Crippen LogP contribution in [0.3, 0.4) is 0 Å². The molecule has 0 amide bonds. The molecule has 37 heavy (non-hydrogen) atoms. The largest absolute Gasteiger partial charge is 0.405 e. The molecule has 0 aromatic carbocycles. The maximum absolute atomic E-state index is 12.8. The van der Waals surface area contributed by atoms with Crippen LogP contribution in [0, 0.1) is 0 Å². The normalized spacial score (nSPS) is 38.1. The van der Waals surface area contributed by atoms with Crippen molar-refractivity contribution in [2.24, 2.45) is 0 Å². The summed E-state index contributed by atoms with van der Waals surface area (Å²) in [4.78, 5) is 12.8. The monoisotopic (exact) mass is 594 g/mol. The Kier molecular flexibility index (Phi) is 14.1. The van der Waals surface area contributed by atoms with Crippen molar-refractivity contribution in [1.29, 1.82) is 0 Å². The van der Waals surface area contributed by atoms with E-state index in [2.05, 4.69) is 6.92 Å². The second kappa shape index (κ2) is 15.7. The number of esters is 1. The molecule has 0 saturated carbocycles. The highest BCUT2D eigenvalue weighted by molar-refractivity contribution is 6.21. The molecule has 2 rings (SSSR count). The molecule has 2 heterocycles. The van der Waals surface area contributed by atoms with Gasteiger partial charge in [0.1, 0.15) is 30.5 Å². The Balaban J connectivity index is 2.11. The van der Waals surface area contributed by atoms with Gasteiger partial charge in [-0.25, -0.2) is 0 Å². The van der Waals surface area contributed by atoms with E-state index < -0.39 is 72.2 Å².